The Hall–Kier alpha value is -1.96. The van der Waals surface area contributed by atoms with Crippen LogP contribution in [0.2, 0.25) is 0 Å². The first kappa shape index (κ1) is 17.1. The highest BCUT2D eigenvalue weighted by atomic mass is 19.4. The van der Waals surface area contributed by atoms with Crippen molar-refractivity contribution in [1.82, 2.24) is 0 Å². The van der Waals surface area contributed by atoms with Gasteiger partial charge in [0.1, 0.15) is 6.61 Å². The summed E-state index contributed by atoms with van der Waals surface area (Å²) in [7, 11) is 0. The van der Waals surface area contributed by atoms with Gasteiger partial charge in [-0.05, 0) is 32.0 Å². The zero-order valence-corrected chi connectivity index (χ0v) is 11.6. The van der Waals surface area contributed by atoms with Crippen LogP contribution in [0, 0.1) is 0 Å². The number of halogens is 3. The van der Waals surface area contributed by atoms with E-state index in [0.29, 0.717) is 0 Å². The lowest BCUT2D eigenvalue weighted by molar-refractivity contribution is -0.274. The van der Waals surface area contributed by atoms with Crippen molar-refractivity contribution in [2.24, 2.45) is 0 Å². The minimum Gasteiger partial charge on any atom is -0.460 e. The van der Waals surface area contributed by atoms with Crippen LogP contribution in [0.3, 0.4) is 0 Å². The van der Waals surface area contributed by atoms with Gasteiger partial charge in [0, 0.05) is 0 Å². The molecule has 1 aromatic rings. The average Bonchev–Trinajstić information content (AvgIpc) is 2.35. The second-order valence-corrected chi connectivity index (χ2v) is 4.36. The zero-order valence-electron chi connectivity index (χ0n) is 11.6. The van der Waals surface area contributed by atoms with Gasteiger partial charge in [-0.1, -0.05) is 0 Å². The molecule has 0 radical (unpaired) electrons. The van der Waals surface area contributed by atoms with Gasteiger partial charge in [-0.25, -0.2) is 4.79 Å². The van der Waals surface area contributed by atoms with Crippen molar-refractivity contribution in [1.29, 1.82) is 0 Å². The van der Waals surface area contributed by atoms with Crippen LogP contribution < -0.4 is 10.5 Å². The van der Waals surface area contributed by atoms with Gasteiger partial charge in [-0.3, -0.25) is 0 Å². The van der Waals surface area contributed by atoms with Crippen molar-refractivity contribution < 1.29 is 32.2 Å². The highest BCUT2D eigenvalue weighted by Crippen LogP contribution is 2.29. The van der Waals surface area contributed by atoms with E-state index >= 15 is 0 Å². The quantitative estimate of drug-likeness (QED) is 0.497. The maximum atomic E-state index is 12.1. The molecule has 0 saturated heterocycles. The predicted molar refractivity (Wildman–Crippen MR) is 68.9 cm³/mol. The van der Waals surface area contributed by atoms with E-state index in [1.807, 2.05) is 13.8 Å². The standard InChI is InChI=1S/C13H16F3NO4/c1-8(2)19-5-6-20-12(18)9-3-4-11(10(17)7-9)21-13(14,15)16/h3-4,7-8H,5-6,17H2,1-2H3. The lowest BCUT2D eigenvalue weighted by atomic mass is 10.2. The monoisotopic (exact) mass is 307 g/mol. The molecule has 0 unspecified atom stereocenters. The first-order chi connectivity index (χ1) is 9.69. The maximum Gasteiger partial charge on any atom is 0.573 e. The minimum atomic E-state index is -4.84. The number of ether oxygens (including phenoxy) is 3. The molecule has 0 aromatic heterocycles. The van der Waals surface area contributed by atoms with Crippen LogP contribution in [0.15, 0.2) is 18.2 Å². The molecule has 0 amide bonds. The Labute approximate surface area is 119 Å². The van der Waals surface area contributed by atoms with E-state index in [1.54, 1.807) is 0 Å². The topological polar surface area (TPSA) is 70.8 Å². The first-order valence-electron chi connectivity index (χ1n) is 6.13. The SMILES string of the molecule is CC(C)OCCOC(=O)c1ccc(OC(F)(F)F)c(N)c1. The molecule has 0 aliphatic heterocycles. The van der Waals surface area contributed by atoms with E-state index in [1.165, 1.54) is 0 Å². The van der Waals surface area contributed by atoms with Gasteiger partial charge in [0.05, 0.1) is 24.0 Å². The van der Waals surface area contributed by atoms with E-state index in [2.05, 4.69) is 4.74 Å². The third kappa shape index (κ3) is 6.35. The summed E-state index contributed by atoms with van der Waals surface area (Å²) >= 11 is 0. The normalized spacial score (nSPS) is 11.5. The van der Waals surface area contributed by atoms with Gasteiger partial charge in [0.25, 0.3) is 0 Å². The Bertz CT molecular complexity index is 489. The van der Waals surface area contributed by atoms with Crippen molar-refractivity contribution in [3.63, 3.8) is 0 Å². The number of alkyl halides is 3. The van der Waals surface area contributed by atoms with Crippen LogP contribution in [0.25, 0.3) is 0 Å². The van der Waals surface area contributed by atoms with Crippen molar-refractivity contribution >= 4 is 11.7 Å². The summed E-state index contributed by atoms with van der Waals surface area (Å²) in [5.41, 5.74) is 5.13. The number of carbonyl (C=O) groups is 1. The van der Waals surface area contributed by atoms with Gasteiger partial charge in [0.15, 0.2) is 5.75 Å². The molecule has 2 N–H and O–H groups in total. The fourth-order valence-electron chi connectivity index (χ4n) is 1.39. The Balaban J connectivity index is 2.60. The lowest BCUT2D eigenvalue weighted by Gasteiger charge is -2.12. The summed E-state index contributed by atoms with van der Waals surface area (Å²) in [6.45, 7) is 3.94. The number of esters is 1. The van der Waals surface area contributed by atoms with E-state index < -0.39 is 18.1 Å². The van der Waals surface area contributed by atoms with E-state index in [9.17, 15) is 18.0 Å². The van der Waals surface area contributed by atoms with Gasteiger partial charge in [-0.15, -0.1) is 13.2 Å². The molecule has 0 atom stereocenters. The first-order valence-corrected chi connectivity index (χ1v) is 6.13. The Kier molecular flexibility index (Phi) is 5.83. The number of anilines is 1. The minimum absolute atomic E-state index is 0.0122. The van der Waals surface area contributed by atoms with Crippen molar-refractivity contribution in [2.75, 3.05) is 18.9 Å². The van der Waals surface area contributed by atoms with Crippen LogP contribution in [-0.2, 0) is 9.47 Å². The average molecular weight is 307 g/mol. The second-order valence-electron chi connectivity index (χ2n) is 4.36. The number of rotatable bonds is 6. The molecule has 1 aromatic carbocycles. The van der Waals surface area contributed by atoms with Crippen LogP contribution in [0.4, 0.5) is 18.9 Å². The molecule has 0 aliphatic carbocycles. The summed E-state index contributed by atoms with van der Waals surface area (Å²) in [5, 5.41) is 0. The molecule has 5 nitrogen and oxygen atoms in total. The number of benzene rings is 1. The molecule has 8 heteroatoms. The van der Waals surface area contributed by atoms with Crippen molar-refractivity contribution in [3.05, 3.63) is 23.8 Å². The van der Waals surface area contributed by atoms with Crippen LogP contribution in [-0.4, -0.2) is 31.6 Å². The van der Waals surface area contributed by atoms with Crippen LogP contribution in [0.1, 0.15) is 24.2 Å². The Morgan fingerprint density at radius 2 is 1.95 bits per heavy atom. The highest BCUT2D eigenvalue weighted by molar-refractivity contribution is 5.91. The Morgan fingerprint density at radius 3 is 2.48 bits per heavy atom. The Morgan fingerprint density at radius 1 is 1.29 bits per heavy atom. The maximum absolute atomic E-state index is 12.1. The van der Waals surface area contributed by atoms with Crippen LogP contribution >= 0.6 is 0 Å². The fraction of sp³-hybridized carbons (Fsp3) is 0.462. The number of nitrogen functional groups attached to an aromatic ring is 1. The van der Waals surface area contributed by atoms with Crippen LogP contribution in [0.5, 0.6) is 5.75 Å². The molecule has 0 saturated carbocycles. The number of nitrogens with two attached hydrogens (primary N) is 1. The molecule has 0 bridgehead atoms. The summed E-state index contributed by atoms with van der Waals surface area (Å²) in [5.74, 6) is -1.27. The lowest BCUT2D eigenvalue weighted by Crippen LogP contribution is -2.18. The highest BCUT2D eigenvalue weighted by Gasteiger charge is 2.32. The van der Waals surface area contributed by atoms with Gasteiger partial charge < -0.3 is 19.9 Å². The molecule has 0 aliphatic rings. The molecular formula is C13H16F3NO4. The van der Waals surface area contributed by atoms with Gasteiger partial charge in [0.2, 0.25) is 0 Å². The van der Waals surface area contributed by atoms with E-state index in [0.717, 1.165) is 18.2 Å². The third-order valence-corrected chi connectivity index (χ3v) is 2.24. The molecule has 0 spiro atoms. The number of carbonyl (C=O) groups excluding carboxylic acids is 1. The summed E-state index contributed by atoms with van der Waals surface area (Å²) in [6.07, 6.45) is -4.83. The summed E-state index contributed by atoms with van der Waals surface area (Å²) in [6, 6.07) is 3.17. The number of hydrogen-bond donors (Lipinski definition) is 1. The van der Waals surface area contributed by atoms with Crippen molar-refractivity contribution in [3.8, 4) is 5.75 Å². The summed E-state index contributed by atoms with van der Waals surface area (Å²) in [4.78, 5) is 11.6. The molecule has 21 heavy (non-hydrogen) atoms. The second kappa shape index (κ2) is 7.16. The molecule has 0 fully saturated rings. The third-order valence-electron chi connectivity index (χ3n) is 2.24. The molecular weight excluding hydrogens is 291 g/mol. The van der Waals surface area contributed by atoms with Crippen molar-refractivity contribution in [2.45, 2.75) is 26.3 Å². The van der Waals surface area contributed by atoms with E-state index in [4.69, 9.17) is 15.2 Å². The largest absolute Gasteiger partial charge is 0.573 e. The van der Waals surface area contributed by atoms with Gasteiger partial charge >= 0.3 is 12.3 Å². The number of hydrogen-bond acceptors (Lipinski definition) is 5. The predicted octanol–water partition coefficient (Wildman–Crippen LogP) is 2.75. The van der Waals surface area contributed by atoms with Gasteiger partial charge in [-0.2, -0.15) is 0 Å². The summed E-state index contributed by atoms with van der Waals surface area (Å²) < 4.78 is 50.0. The zero-order chi connectivity index (χ0) is 16.0. The van der Waals surface area contributed by atoms with E-state index in [-0.39, 0.29) is 30.6 Å². The smallest absolute Gasteiger partial charge is 0.460 e. The molecule has 0 heterocycles. The molecule has 118 valence electrons. The fourth-order valence-corrected chi connectivity index (χ4v) is 1.39. The molecule has 1 rings (SSSR count).